The van der Waals surface area contributed by atoms with Gasteiger partial charge in [0, 0.05) is 25.2 Å². The summed E-state index contributed by atoms with van der Waals surface area (Å²) in [5, 5.41) is 3.76. The van der Waals surface area contributed by atoms with Crippen LogP contribution < -0.4 is 5.32 Å². The molecular formula is C16H33N3. The predicted molar refractivity (Wildman–Crippen MR) is 82.5 cm³/mol. The SMILES string of the molecule is CCNC1C(CN2CCC(N(C)C)C2)CCC1(C)C. The molecule has 0 aromatic rings. The summed E-state index contributed by atoms with van der Waals surface area (Å²) >= 11 is 0. The van der Waals surface area contributed by atoms with Gasteiger partial charge in [-0.1, -0.05) is 20.8 Å². The van der Waals surface area contributed by atoms with Crippen molar-refractivity contribution < 1.29 is 0 Å². The molecule has 0 amide bonds. The van der Waals surface area contributed by atoms with E-state index in [4.69, 9.17) is 0 Å². The fraction of sp³-hybridized carbons (Fsp3) is 1.00. The minimum absolute atomic E-state index is 0.474. The molecule has 112 valence electrons. The van der Waals surface area contributed by atoms with Gasteiger partial charge in [-0.3, -0.25) is 0 Å². The van der Waals surface area contributed by atoms with E-state index in [0.717, 1.165) is 18.5 Å². The largest absolute Gasteiger partial charge is 0.313 e. The summed E-state index contributed by atoms with van der Waals surface area (Å²) in [5.74, 6) is 0.843. The van der Waals surface area contributed by atoms with E-state index in [2.05, 4.69) is 50.0 Å². The average molecular weight is 267 g/mol. The number of hydrogen-bond donors (Lipinski definition) is 1. The van der Waals surface area contributed by atoms with Gasteiger partial charge in [-0.15, -0.1) is 0 Å². The van der Waals surface area contributed by atoms with Crippen molar-refractivity contribution in [2.24, 2.45) is 11.3 Å². The summed E-state index contributed by atoms with van der Waals surface area (Å²) < 4.78 is 0. The van der Waals surface area contributed by atoms with E-state index in [-0.39, 0.29) is 0 Å². The highest BCUT2D eigenvalue weighted by atomic mass is 15.2. The molecule has 2 fully saturated rings. The highest BCUT2D eigenvalue weighted by molar-refractivity contribution is 4.97. The molecular weight excluding hydrogens is 234 g/mol. The first-order valence-electron chi connectivity index (χ1n) is 8.06. The third-order valence-electron chi connectivity index (χ3n) is 5.37. The Kier molecular flexibility index (Phi) is 4.91. The Morgan fingerprint density at radius 3 is 2.58 bits per heavy atom. The van der Waals surface area contributed by atoms with Crippen molar-refractivity contribution in [2.45, 2.75) is 52.1 Å². The van der Waals surface area contributed by atoms with Crippen molar-refractivity contribution >= 4 is 0 Å². The van der Waals surface area contributed by atoms with Gasteiger partial charge in [-0.05, 0) is 57.8 Å². The lowest BCUT2D eigenvalue weighted by Gasteiger charge is -2.33. The zero-order valence-corrected chi connectivity index (χ0v) is 13.6. The Morgan fingerprint density at radius 1 is 1.26 bits per heavy atom. The van der Waals surface area contributed by atoms with Crippen LogP contribution in [0.2, 0.25) is 0 Å². The van der Waals surface area contributed by atoms with Crippen LogP contribution in [-0.2, 0) is 0 Å². The van der Waals surface area contributed by atoms with Crippen LogP contribution in [-0.4, -0.2) is 62.2 Å². The second-order valence-electron chi connectivity index (χ2n) is 7.49. The second kappa shape index (κ2) is 6.11. The average Bonchev–Trinajstić information content (AvgIpc) is 2.89. The van der Waals surface area contributed by atoms with Gasteiger partial charge in [0.1, 0.15) is 0 Å². The van der Waals surface area contributed by atoms with E-state index in [1.54, 1.807) is 0 Å². The Balaban J connectivity index is 1.89. The molecule has 2 aliphatic rings. The molecule has 0 radical (unpaired) electrons. The standard InChI is InChI=1S/C16H33N3/c1-6-17-15-13(7-9-16(15,2)3)11-19-10-8-14(12-19)18(4)5/h13-15,17H,6-12H2,1-5H3. The Bertz CT molecular complexity index is 288. The molecule has 2 rings (SSSR count). The van der Waals surface area contributed by atoms with E-state index in [1.165, 1.54) is 38.9 Å². The molecule has 3 nitrogen and oxygen atoms in total. The first-order chi connectivity index (χ1) is 8.94. The molecule has 3 unspecified atom stereocenters. The van der Waals surface area contributed by atoms with Gasteiger partial charge < -0.3 is 15.1 Å². The summed E-state index contributed by atoms with van der Waals surface area (Å²) in [6, 6.07) is 1.47. The maximum absolute atomic E-state index is 3.76. The van der Waals surface area contributed by atoms with Crippen molar-refractivity contribution in [1.82, 2.24) is 15.1 Å². The number of hydrogen-bond acceptors (Lipinski definition) is 3. The summed E-state index contributed by atoms with van der Waals surface area (Å²) in [4.78, 5) is 5.08. The Labute approximate surface area is 119 Å². The van der Waals surface area contributed by atoms with Gasteiger partial charge >= 0.3 is 0 Å². The molecule has 1 N–H and O–H groups in total. The molecule has 1 saturated heterocycles. The van der Waals surface area contributed by atoms with E-state index >= 15 is 0 Å². The second-order valence-corrected chi connectivity index (χ2v) is 7.49. The first kappa shape index (κ1) is 15.3. The summed E-state index contributed by atoms with van der Waals surface area (Å²) in [5.41, 5.74) is 0.474. The number of rotatable bonds is 5. The molecule has 3 atom stereocenters. The van der Waals surface area contributed by atoms with Crippen molar-refractivity contribution in [2.75, 3.05) is 40.3 Å². The van der Waals surface area contributed by atoms with Gasteiger partial charge in [0.15, 0.2) is 0 Å². The van der Waals surface area contributed by atoms with Gasteiger partial charge in [0.2, 0.25) is 0 Å². The molecule has 1 saturated carbocycles. The minimum Gasteiger partial charge on any atom is -0.313 e. The van der Waals surface area contributed by atoms with Gasteiger partial charge in [-0.2, -0.15) is 0 Å². The van der Waals surface area contributed by atoms with Crippen LogP contribution in [0, 0.1) is 11.3 Å². The van der Waals surface area contributed by atoms with E-state index in [1.807, 2.05) is 0 Å². The molecule has 0 bridgehead atoms. The highest BCUT2D eigenvalue weighted by Crippen LogP contribution is 2.41. The number of likely N-dealkylation sites (N-methyl/N-ethyl adjacent to an activating group) is 1. The van der Waals surface area contributed by atoms with Crippen molar-refractivity contribution in [3.05, 3.63) is 0 Å². The van der Waals surface area contributed by atoms with Gasteiger partial charge in [0.05, 0.1) is 0 Å². The smallest absolute Gasteiger partial charge is 0.0229 e. The number of nitrogens with zero attached hydrogens (tertiary/aromatic N) is 2. The molecule has 19 heavy (non-hydrogen) atoms. The molecule has 1 aliphatic carbocycles. The normalized spacial score (nSPS) is 35.4. The quantitative estimate of drug-likeness (QED) is 0.822. The Morgan fingerprint density at radius 2 is 2.00 bits per heavy atom. The number of likely N-dealkylation sites (tertiary alicyclic amines) is 1. The van der Waals surface area contributed by atoms with Crippen LogP contribution in [0.15, 0.2) is 0 Å². The predicted octanol–water partition coefficient (Wildman–Crippen LogP) is 2.04. The zero-order chi connectivity index (χ0) is 14.0. The van der Waals surface area contributed by atoms with E-state index in [9.17, 15) is 0 Å². The first-order valence-corrected chi connectivity index (χ1v) is 8.06. The third-order valence-corrected chi connectivity index (χ3v) is 5.37. The van der Waals surface area contributed by atoms with Crippen molar-refractivity contribution in [1.29, 1.82) is 0 Å². The van der Waals surface area contributed by atoms with Crippen molar-refractivity contribution in [3.63, 3.8) is 0 Å². The van der Waals surface area contributed by atoms with Crippen LogP contribution in [0.3, 0.4) is 0 Å². The number of nitrogens with one attached hydrogen (secondary N) is 1. The van der Waals surface area contributed by atoms with E-state index in [0.29, 0.717) is 11.5 Å². The molecule has 1 aliphatic heterocycles. The molecule has 0 aromatic heterocycles. The molecule has 0 aromatic carbocycles. The monoisotopic (exact) mass is 267 g/mol. The lowest BCUT2D eigenvalue weighted by atomic mass is 9.84. The molecule has 3 heteroatoms. The van der Waals surface area contributed by atoms with E-state index < -0.39 is 0 Å². The van der Waals surface area contributed by atoms with Crippen LogP contribution in [0.5, 0.6) is 0 Å². The topological polar surface area (TPSA) is 18.5 Å². The summed E-state index contributed by atoms with van der Waals surface area (Å²) in [7, 11) is 4.43. The maximum Gasteiger partial charge on any atom is 0.0229 e. The van der Waals surface area contributed by atoms with Crippen molar-refractivity contribution in [3.8, 4) is 0 Å². The maximum atomic E-state index is 3.76. The highest BCUT2D eigenvalue weighted by Gasteiger charge is 2.42. The lowest BCUT2D eigenvalue weighted by molar-refractivity contribution is 0.196. The fourth-order valence-electron chi connectivity index (χ4n) is 4.11. The summed E-state index contributed by atoms with van der Waals surface area (Å²) in [6.07, 6.45) is 4.11. The molecule has 1 heterocycles. The zero-order valence-electron chi connectivity index (χ0n) is 13.6. The fourth-order valence-corrected chi connectivity index (χ4v) is 4.11. The van der Waals surface area contributed by atoms with Crippen LogP contribution >= 0.6 is 0 Å². The van der Waals surface area contributed by atoms with Gasteiger partial charge in [-0.25, -0.2) is 0 Å². The minimum atomic E-state index is 0.474. The molecule has 0 spiro atoms. The van der Waals surface area contributed by atoms with Crippen LogP contribution in [0.1, 0.15) is 40.0 Å². The van der Waals surface area contributed by atoms with Crippen LogP contribution in [0.4, 0.5) is 0 Å². The van der Waals surface area contributed by atoms with Crippen LogP contribution in [0.25, 0.3) is 0 Å². The lowest BCUT2D eigenvalue weighted by Crippen LogP contribution is -2.45. The Hall–Kier alpha value is -0.120. The summed E-state index contributed by atoms with van der Waals surface area (Å²) in [6.45, 7) is 12.1. The third kappa shape index (κ3) is 3.50. The van der Waals surface area contributed by atoms with Gasteiger partial charge in [0.25, 0.3) is 0 Å².